The highest BCUT2D eigenvalue weighted by atomic mass is 35.5. The Morgan fingerprint density at radius 1 is 1.07 bits per heavy atom. The Labute approximate surface area is 194 Å². The first-order valence-corrected chi connectivity index (χ1v) is 11.4. The molecule has 9 heteroatoms. The van der Waals surface area contributed by atoms with Crippen molar-refractivity contribution in [2.45, 2.75) is 25.3 Å². The molecule has 0 aliphatic heterocycles. The highest BCUT2D eigenvalue weighted by Gasteiger charge is 2.26. The number of benzene rings is 2. The highest BCUT2D eigenvalue weighted by Crippen LogP contribution is 2.28. The number of carbonyl (C=O) groups is 2. The average molecular weight is 494 g/mol. The van der Waals surface area contributed by atoms with Gasteiger partial charge in [0, 0.05) is 45.0 Å². The van der Waals surface area contributed by atoms with Crippen molar-refractivity contribution in [3.8, 4) is 0 Å². The lowest BCUT2D eigenvalue weighted by atomic mass is 10.1. The lowest BCUT2D eigenvalue weighted by Crippen LogP contribution is -2.47. The Morgan fingerprint density at radius 2 is 1.72 bits per heavy atom. The Kier molecular flexibility index (Phi) is 9.44. The molecule has 4 nitrogen and oxygen atoms in total. The quantitative estimate of drug-likeness (QED) is 0.513. The van der Waals surface area contributed by atoms with Gasteiger partial charge in [0.2, 0.25) is 11.8 Å². The van der Waals surface area contributed by atoms with Crippen LogP contribution in [0, 0.1) is 0 Å². The van der Waals surface area contributed by atoms with Crippen LogP contribution in [0.5, 0.6) is 0 Å². The normalized spacial score (nSPS) is 11.8. The Morgan fingerprint density at radius 3 is 2.31 bits per heavy atom. The van der Waals surface area contributed by atoms with E-state index in [9.17, 15) is 9.59 Å². The topological polar surface area (TPSA) is 49.4 Å². The molecule has 0 spiro atoms. The van der Waals surface area contributed by atoms with Crippen LogP contribution in [0.2, 0.25) is 20.1 Å². The summed E-state index contributed by atoms with van der Waals surface area (Å²) in [4.78, 5) is 26.6. The van der Waals surface area contributed by atoms with Gasteiger partial charge in [0.25, 0.3) is 0 Å². The fourth-order valence-electron chi connectivity index (χ4n) is 2.62. The highest BCUT2D eigenvalue weighted by molar-refractivity contribution is 7.99. The van der Waals surface area contributed by atoms with Gasteiger partial charge in [0.05, 0.1) is 5.75 Å². The maximum Gasteiger partial charge on any atom is 0.242 e. The van der Waals surface area contributed by atoms with Gasteiger partial charge in [-0.2, -0.15) is 0 Å². The third-order valence-electron chi connectivity index (χ3n) is 4.30. The van der Waals surface area contributed by atoms with Crippen LogP contribution in [0.1, 0.15) is 18.1 Å². The largest absolute Gasteiger partial charge is 0.357 e. The maximum absolute atomic E-state index is 12.9. The number of nitrogens with one attached hydrogen (secondary N) is 1. The lowest BCUT2D eigenvalue weighted by molar-refractivity contribution is -0.138. The minimum absolute atomic E-state index is 0.133. The van der Waals surface area contributed by atoms with Gasteiger partial charge in [0.15, 0.2) is 0 Å². The zero-order chi connectivity index (χ0) is 21.6. The summed E-state index contributed by atoms with van der Waals surface area (Å²) in [6.07, 6.45) is 0. The number of amides is 2. The number of hydrogen-bond acceptors (Lipinski definition) is 3. The van der Waals surface area contributed by atoms with E-state index < -0.39 is 6.04 Å². The second kappa shape index (κ2) is 11.3. The van der Waals surface area contributed by atoms with E-state index in [1.165, 1.54) is 23.7 Å². The predicted octanol–water partition coefficient (Wildman–Crippen LogP) is 5.70. The number of rotatable bonds is 8. The van der Waals surface area contributed by atoms with Crippen LogP contribution in [-0.2, 0) is 21.9 Å². The Bertz CT molecular complexity index is 875. The van der Waals surface area contributed by atoms with Crippen molar-refractivity contribution >= 4 is 70.0 Å². The molecule has 1 N–H and O–H groups in total. The minimum atomic E-state index is -0.681. The van der Waals surface area contributed by atoms with Crippen LogP contribution >= 0.6 is 58.2 Å². The zero-order valence-corrected chi connectivity index (χ0v) is 19.7. The molecule has 0 saturated carbocycles. The smallest absolute Gasteiger partial charge is 0.242 e. The number of likely N-dealkylation sites (N-methyl/N-ethyl adjacent to an activating group) is 1. The summed E-state index contributed by atoms with van der Waals surface area (Å²) in [5.74, 6) is 0.235. The summed E-state index contributed by atoms with van der Waals surface area (Å²) in [5.41, 5.74) is 1.49. The van der Waals surface area contributed by atoms with E-state index in [1.807, 2.05) is 6.07 Å². The Balaban J connectivity index is 2.13. The molecule has 2 rings (SSSR count). The summed E-state index contributed by atoms with van der Waals surface area (Å²) in [7, 11) is 1.53. The van der Waals surface area contributed by atoms with E-state index in [-0.39, 0.29) is 24.1 Å². The number of carbonyl (C=O) groups excluding carboxylic acids is 2. The monoisotopic (exact) mass is 492 g/mol. The fraction of sp³-hybridized carbons (Fsp3) is 0.300. The SMILES string of the molecule is CNC(=O)[C@@H](C)N(Cc1c(Cl)cccc1Cl)C(=O)CSCc1ccc(Cl)cc1Cl. The van der Waals surface area contributed by atoms with E-state index in [0.717, 1.165) is 5.56 Å². The number of nitrogens with zero attached hydrogens (tertiary/aromatic N) is 1. The fourth-order valence-corrected chi connectivity index (χ4v) is 4.60. The molecule has 0 bridgehead atoms. The molecular weight excluding hydrogens is 474 g/mol. The third kappa shape index (κ3) is 6.69. The Hall–Kier alpha value is -1.11. The molecule has 2 aromatic rings. The van der Waals surface area contributed by atoms with Crippen molar-refractivity contribution in [3.63, 3.8) is 0 Å². The molecule has 1 atom stereocenters. The van der Waals surface area contributed by atoms with Crippen molar-refractivity contribution in [2.75, 3.05) is 12.8 Å². The molecule has 0 unspecified atom stereocenters. The molecule has 0 radical (unpaired) electrons. The predicted molar refractivity (Wildman–Crippen MR) is 123 cm³/mol. The van der Waals surface area contributed by atoms with Crippen LogP contribution in [0.4, 0.5) is 0 Å². The second-order valence-electron chi connectivity index (χ2n) is 6.24. The zero-order valence-electron chi connectivity index (χ0n) is 15.8. The molecular formula is C20H20Cl4N2O2S. The molecule has 0 saturated heterocycles. The lowest BCUT2D eigenvalue weighted by Gasteiger charge is -2.29. The van der Waals surface area contributed by atoms with Crippen LogP contribution in [0.25, 0.3) is 0 Å². The van der Waals surface area contributed by atoms with E-state index >= 15 is 0 Å². The number of thioether (sulfide) groups is 1. The first-order valence-electron chi connectivity index (χ1n) is 8.70. The van der Waals surface area contributed by atoms with E-state index in [4.69, 9.17) is 46.4 Å². The maximum atomic E-state index is 12.9. The third-order valence-corrected chi connectivity index (χ3v) is 6.56. The van der Waals surface area contributed by atoms with Gasteiger partial charge < -0.3 is 10.2 Å². The van der Waals surface area contributed by atoms with Crippen LogP contribution in [0.3, 0.4) is 0 Å². The summed E-state index contributed by atoms with van der Waals surface area (Å²) < 4.78 is 0. The van der Waals surface area contributed by atoms with Crippen LogP contribution in [0.15, 0.2) is 36.4 Å². The van der Waals surface area contributed by atoms with E-state index in [0.29, 0.717) is 31.4 Å². The average Bonchev–Trinajstić information content (AvgIpc) is 2.68. The standard InChI is InChI=1S/C20H20Cl4N2O2S/c1-12(20(28)25-2)26(9-15-16(22)4-3-5-17(15)23)19(27)11-29-10-13-6-7-14(21)8-18(13)24/h3-8,12H,9-11H2,1-2H3,(H,25,28)/t12-/m1/s1. The molecule has 2 amide bonds. The first kappa shape index (κ1) is 24.2. The molecule has 2 aromatic carbocycles. The molecule has 0 fully saturated rings. The van der Waals surface area contributed by atoms with Gasteiger partial charge in [-0.1, -0.05) is 58.5 Å². The van der Waals surface area contributed by atoms with Gasteiger partial charge in [-0.25, -0.2) is 0 Å². The summed E-state index contributed by atoms with van der Waals surface area (Å²) in [5, 5.41) is 4.57. The van der Waals surface area contributed by atoms with Crippen LogP contribution < -0.4 is 5.32 Å². The summed E-state index contributed by atoms with van der Waals surface area (Å²) >= 11 is 26.0. The van der Waals surface area contributed by atoms with Gasteiger partial charge >= 0.3 is 0 Å². The van der Waals surface area contributed by atoms with Crippen molar-refractivity contribution in [2.24, 2.45) is 0 Å². The summed E-state index contributed by atoms with van der Waals surface area (Å²) in [6, 6.07) is 9.70. The van der Waals surface area contributed by atoms with Crippen LogP contribution in [-0.4, -0.2) is 35.6 Å². The minimum Gasteiger partial charge on any atom is -0.357 e. The molecule has 0 heterocycles. The molecule has 0 aliphatic carbocycles. The number of hydrogen-bond donors (Lipinski definition) is 1. The van der Waals surface area contributed by atoms with E-state index in [2.05, 4.69) is 5.32 Å². The van der Waals surface area contributed by atoms with Crippen molar-refractivity contribution < 1.29 is 9.59 Å². The second-order valence-corrected chi connectivity index (χ2v) is 8.88. The molecule has 0 aromatic heterocycles. The van der Waals surface area contributed by atoms with Gasteiger partial charge in [-0.15, -0.1) is 11.8 Å². The van der Waals surface area contributed by atoms with Crippen molar-refractivity contribution in [1.82, 2.24) is 10.2 Å². The molecule has 156 valence electrons. The van der Waals surface area contributed by atoms with Gasteiger partial charge in [-0.3, -0.25) is 9.59 Å². The first-order chi connectivity index (χ1) is 13.7. The number of halogens is 4. The summed E-state index contributed by atoms with van der Waals surface area (Å²) in [6.45, 7) is 1.80. The van der Waals surface area contributed by atoms with E-state index in [1.54, 1.807) is 37.3 Å². The molecule has 29 heavy (non-hydrogen) atoms. The van der Waals surface area contributed by atoms with Crippen molar-refractivity contribution in [3.05, 3.63) is 67.6 Å². The van der Waals surface area contributed by atoms with Gasteiger partial charge in [0.1, 0.15) is 6.04 Å². The van der Waals surface area contributed by atoms with Crippen molar-refractivity contribution in [1.29, 1.82) is 0 Å². The van der Waals surface area contributed by atoms with Gasteiger partial charge in [-0.05, 0) is 36.8 Å². The molecule has 0 aliphatic rings.